The van der Waals surface area contributed by atoms with E-state index in [-0.39, 0.29) is 11.7 Å². The minimum absolute atomic E-state index is 0.196. The molecule has 0 aromatic carbocycles. The minimum atomic E-state index is -0.196. The zero-order valence-electron chi connectivity index (χ0n) is 10.4. The predicted octanol–water partition coefficient (Wildman–Crippen LogP) is 1.84. The highest BCUT2D eigenvalue weighted by atomic mass is 16.5. The van der Waals surface area contributed by atoms with Crippen molar-refractivity contribution in [3.63, 3.8) is 0 Å². The Bertz CT molecular complexity index is 212. The van der Waals surface area contributed by atoms with Gasteiger partial charge in [-0.1, -0.05) is 12.8 Å². The number of aliphatic hydroxyl groups is 1. The summed E-state index contributed by atoms with van der Waals surface area (Å²) in [5, 5.41) is 12.5. The van der Waals surface area contributed by atoms with Crippen LogP contribution < -0.4 is 5.32 Å². The summed E-state index contributed by atoms with van der Waals surface area (Å²) in [5.74, 6) is 0. The first kappa shape index (κ1) is 12.3. The molecule has 94 valence electrons. The van der Waals surface area contributed by atoms with Crippen molar-refractivity contribution in [3.05, 3.63) is 0 Å². The molecule has 16 heavy (non-hydrogen) atoms. The summed E-state index contributed by atoms with van der Waals surface area (Å²) in [7, 11) is 0. The van der Waals surface area contributed by atoms with Crippen LogP contribution in [0.1, 0.15) is 51.9 Å². The Kier molecular flexibility index (Phi) is 4.22. The van der Waals surface area contributed by atoms with Gasteiger partial charge in [0.15, 0.2) is 0 Å². The molecule has 2 unspecified atom stereocenters. The van der Waals surface area contributed by atoms with E-state index in [9.17, 15) is 0 Å². The summed E-state index contributed by atoms with van der Waals surface area (Å²) in [6.45, 7) is 3.68. The minimum Gasteiger partial charge on any atom is -0.393 e. The van der Waals surface area contributed by atoms with Gasteiger partial charge in [0.05, 0.1) is 17.8 Å². The average molecular weight is 227 g/mol. The topological polar surface area (TPSA) is 41.5 Å². The summed E-state index contributed by atoms with van der Waals surface area (Å²) < 4.78 is 6.19. The number of aliphatic hydroxyl groups excluding tert-OH is 1. The summed E-state index contributed by atoms with van der Waals surface area (Å²) in [4.78, 5) is 0. The molecule has 2 N–H and O–H groups in total. The van der Waals surface area contributed by atoms with Crippen LogP contribution in [0.3, 0.4) is 0 Å². The van der Waals surface area contributed by atoms with Crippen molar-refractivity contribution in [1.29, 1.82) is 0 Å². The Morgan fingerprint density at radius 1 is 1.38 bits per heavy atom. The smallest absolute Gasteiger partial charge is 0.0708 e. The Hall–Kier alpha value is -0.120. The van der Waals surface area contributed by atoms with Gasteiger partial charge < -0.3 is 15.2 Å². The molecule has 2 fully saturated rings. The normalized spacial score (nSPS) is 30.0. The lowest BCUT2D eigenvalue weighted by molar-refractivity contribution is -0.0352. The van der Waals surface area contributed by atoms with Gasteiger partial charge in [0, 0.05) is 6.54 Å². The Labute approximate surface area is 98.6 Å². The zero-order valence-corrected chi connectivity index (χ0v) is 10.4. The van der Waals surface area contributed by atoms with E-state index in [1.165, 1.54) is 38.5 Å². The second-order valence-electron chi connectivity index (χ2n) is 5.51. The Morgan fingerprint density at radius 3 is 2.81 bits per heavy atom. The van der Waals surface area contributed by atoms with Gasteiger partial charge in [-0.25, -0.2) is 0 Å². The van der Waals surface area contributed by atoms with Gasteiger partial charge in [0.1, 0.15) is 0 Å². The summed E-state index contributed by atoms with van der Waals surface area (Å²) in [6, 6.07) is 0. The third kappa shape index (κ3) is 3.19. The molecule has 0 aromatic rings. The quantitative estimate of drug-likeness (QED) is 0.704. The second kappa shape index (κ2) is 5.48. The lowest BCUT2D eigenvalue weighted by atomic mass is 9.98. The fraction of sp³-hybridized carbons (Fsp3) is 1.00. The molecule has 0 aromatic heterocycles. The van der Waals surface area contributed by atoms with Crippen LogP contribution in [0, 0.1) is 0 Å². The molecule has 2 atom stereocenters. The molecule has 2 aliphatic rings. The highest BCUT2D eigenvalue weighted by molar-refractivity contribution is 4.93. The maximum Gasteiger partial charge on any atom is 0.0708 e. The van der Waals surface area contributed by atoms with E-state index in [2.05, 4.69) is 5.32 Å². The van der Waals surface area contributed by atoms with Crippen LogP contribution in [0.2, 0.25) is 0 Å². The first-order valence-corrected chi connectivity index (χ1v) is 6.77. The SMILES string of the molecule is CC(O)CCNCC1CCC2(CCCC2)O1. The van der Waals surface area contributed by atoms with Gasteiger partial charge in [-0.05, 0) is 45.6 Å². The fourth-order valence-electron chi connectivity index (χ4n) is 3.00. The van der Waals surface area contributed by atoms with Gasteiger partial charge in [0.2, 0.25) is 0 Å². The monoisotopic (exact) mass is 227 g/mol. The van der Waals surface area contributed by atoms with Gasteiger partial charge >= 0.3 is 0 Å². The first-order chi connectivity index (χ1) is 7.70. The number of rotatable bonds is 5. The van der Waals surface area contributed by atoms with Crippen LogP contribution in [-0.4, -0.2) is 36.0 Å². The lowest BCUT2D eigenvalue weighted by Gasteiger charge is -2.24. The Balaban J connectivity index is 1.61. The van der Waals surface area contributed by atoms with Crippen molar-refractivity contribution >= 4 is 0 Å². The maximum absolute atomic E-state index is 9.14. The van der Waals surface area contributed by atoms with Crippen LogP contribution in [0.15, 0.2) is 0 Å². The van der Waals surface area contributed by atoms with Crippen LogP contribution in [0.4, 0.5) is 0 Å². The second-order valence-corrected chi connectivity index (χ2v) is 5.51. The van der Waals surface area contributed by atoms with Crippen LogP contribution in [0.25, 0.3) is 0 Å². The summed E-state index contributed by atoms with van der Waals surface area (Å²) >= 11 is 0. The molecule has 1 aliphatic heterocycles. The molecule has 1 aliphatic carbocycles. The number of hydrogen-bond donors (Lipinski definition) is 2. The number of hydrogen-bond acceptors (Lipinski definition) is 3. The fourth-order valence-corrected chi connectivity index (χ4v) is 3.00. The zero-order chi connectivity index (χ0) is 11.4. The van der Waals surface area contributed by atoms with E-state index >= 15 is 0 Å². The Morgan fingerprint density at radius 2 is 2.12 bits per heavy atom. The van der Waals surface area contributed by atoms with Gasteiger partial charge in [0.25, 0.3) is 0 Å². The molecule has 0 bridgehead atoms. The van der Waals surface area contributed by atoms with Crippen molar-refractivity contribution in [3.8, 4) is 0 Å². The summed E-state index contributed by atoms with van der Waals surface area (Å²) in [6.07, 6.45) is 8.76. The molecule has 1 spiro atoms. The summed E-state index contributed by atoms with van der Waals surface area (Å²) in [5.41, 5.74) is 0.261. The van der Waals surface area contributed by atoms with Crippen molar-refractivity contribution in [2.24, 2.45) is 0 Å². The highest BCUT2D eigenvalue weighted by Crippen LogP contribution is 2.43. The van der Waals surface area contributed by atoms with Gasteiger partial charge in [-0.15, -0.1) is 0 Å². The van der Waals surface area contributed by atoms with Crippen molar-refractivity contribution in [2.45, 2.75) is 69.7 Å². The maximum atomic E-state index is 9.14. The van der Waals surface area contributed by atoms with Crippen molar-refractivity contribution in [1.82, 2.24) is 5.32 Å². The number of ether oxygens (including phenoxy) is 1. The highest BCUT2D eigenvalue weighted by Gasteiger charge is 2.41. The van der Waals surface area contributed by atoms with Gasteiger partial charge in [-0.2, -0.15) is 0 Å². The largest absolute Gasteiger partial charge is 0.393 e. The standard InChI is InChI=1S/C13H25NO2/c1-11(15)5-9-14-10-12-4-8-13(16-12)6-2-3-7-13/h11-12,14-15H,2-10H2,1H3. The number of nitrogens with one attached hydrogen (secondary N) is 1. The molecule has 3 heteroatoms. The van der Waals surface area contributed by atoms with Crippen LogP contribution in [0.5, 0.6) is 0 Å². The predicted molar refractivity (Wildman–Crippen MR) is 64.5 cm³/mol. The van der Waals surface area contributed by atoms with E-state index in [0.717, 1.165) is 19.5 Å². The molecule has 1 saturated heterocycles. The van der Waals surface area contributed by atoms with Crippen molar-refractivity contribution < 1.29 is 9.84 Å². The molecule has 2 rings (SSSR count). The molecule has 3 nitrogen and oxygen atoms in total. The van der Waals surface area contributed by atoms with E-state index in [0.29, 0.717) is 6.10 Å². The van der Waals surface area contributed by atoms with E-state index in [1.54, 1.807) is 0 Å². The first-order valence-electron chi connectivity index (χ1n) is 6.77. The lowest BCUT2D eigenvalue weighted by Crippen LogP contribution is -2.32. The van der Waals surface area contributed by atoms with Crippen LogP contribution in [-0.2, 0) is 4.74 Å². The van der Waals surface area contributed by atoms with Crippen molar-refractivity contribution in [2.75, 3.05) is 13.1 Å². The average Bonchev–Trinajstić information content (AvgIpc) is 2.85. The molecular weight excluding hydrogens is 202 g/mol. The van der Waals surface area contributed by atoms with E-state index in [4.69, 9.17) is 9.84 Å². The van der Waals surface area contributed by atoms with E-state index in [1.807, 2.05) is 6.92 Å². The molecule has 0 radical (unpaired) electrons. The molecule has 1 saturated carbocycles. The molecular formula is C13H25NO2. The molecule has 1 heterocycles. The molecule has 0 amide bonds. The third-order valence-electron chi connectivity index (χ3n) is 3.96. The third-order valence-corrected chi connectivity index (χ3v) is 3.96. The van der Waals surface area contributed by atoms with Gasteiger partial charge in [-0.3, -0.25) is 0 Å². The van der Waals surface area contributed by atoms with Crippen LogP contribution >= 0.6 is 0 Å². The van der Waals surface area contributed by atoms with E-state index < -0.39 is 0 Å².